The van der Waals surface area contributed by atoms with Crippen LogP contribution in [0.15, 0.2) is 48.5 Å². The number of rotatable bonds is 4. The van der Waals surface area contributed by atoms with E-state index in [4.69, 9.17) is 4.74 Å². The van der Waals surface area contributed by atoms with Crippen LogP contribution in [0.3, 0.4) is 0 Å². The van der Waals surface area contributed by atoms with Crippen molar-refractivity contribution in [1.82, 2.24) is 0 Å². The highest BCUT2D eigenvalue weighted by Crippen LogP contribution is 2.37. The zero-order valence-electron chi connectivity index (χ0n) is 16.2. The number of benzene rings is 1. The molecule has 0 spiro atoms. The van der Waals surface area contributed by atoms with Crippen molar-refractivity contribution >= 4 is 5.97 Å². The number of carbonyl (C=O) groups excluding carboxylic acids is 1. The summed E-state index contributed by atoms with van der Waals surface area (Å²) in [6, 6.07) is 16.7. The van der Waals surface area contributed by atoms with Gasteiger partial charge in [0.1, 0.15) is 0 Å². The highest BCUT2D eigenvalue weighted by molar-refractivity contribution is 5.91. The number of methoxy groups -OCH3 is 1. The summed E-state index contributed by atoms with van der Waals surface area (Å²) < 4.78 is 4.95. The van der Waals surface area contributed by atoms with E-state index in [1.54, 1.807) is 0 Å². The number of hydrogen-bond donors (Lipinski definition) is 0. The molecule has 134 valence electrons. The highest BCUT2D eigenvalue weighted by Gasteiger charge is 2.19. The minimum absolute atomic E-state index is 0.280. The van der Waals surface area contributed by atoms with E-state index < -0.39 is 0 Å². The number of fused-ring (bicyclic) bond motifs is 1. The Morgan fingerprint density at radius 3 is 2.38 bits per heavy atom. The van der Waals surface area contributed by atoms with Gasteiger partial charge in [-0.1, -0.05) is 56.3 Å². The molecule has 0 aromatic heterocycles. The average Bonchev–Trinajstić information content (AvgIpc) is 2.81. The van der Waals surface area contributed by atoms with Gasteiger partial charge in [0.15, 0.2) is 0 Å². The fourth-order valence-electron chi connectivity index (χ4n) is 3.64. The van der Waals surface area contributed by atoms with Crippen molar-refractivity contribution in [2.75, 3.05) is 7.11 Å². The standard InChI is InChI=1S/C24H26O2/c1-15(2)18-11-10-16(3)23-20(12-17(4)22(23)14-18)13-19-8-6-7-9-21(19)24(25)26-5/h6-12,14-15H,13H2,1-5H3. The van der Waals surface area contributed by atoms with Gasteiger partial charge >= 0.3 is 5.97 Å². The van der Waals surface area contributed by atoms with Crippen LogP contribution in [-0.4, -0.2) is 13.1 Å². The van der Waals surface area contributed by atoms with Crippen LogP contribution in [0.4, 0.5) is 0 Å². The van der Waals surface area contributed by atoms with Gasteiger partial charge in [0, 0.05) is 0 Å². The van der Waals surface area contributed by atoms with Crippen molar-refractivity contribution < 1.29 is 9.53 Å². The van der Waals surface area contributed by atoms with Crippen molar-refractivity contribution in [3.8, 4) is 11.1 Å². The predicted octanol–water partition coefficient (Wildman–Crippen LogP) is 5.91. The monoisotopic (exact) mass is 346 g/mol. The maximum absolute atomic E-state index is 12.1. The molecule has 2 aliphatic carbocycles. The molecule has 0 saturated carbocycles. The Kier molecular flexibility index (Phi) is 5.13. The van der Waals surface area contributed by atoms with E-state index in [1.165, 1.54) is 40.5 Å². The minimum Gasteiger partial charge on any atom is -0.465 e. The third-order valence-corrected chi connectivity index (χ3v) is 5.11. The summed E-state index contributed by atoms with van der Waals surface area (Å²) in [6.45, 7) is 8.79. The second-order valence-corrected chi connectivity index (χ2v) is 7.28. The van der Waals surface area contributed by atoms with Crippen molar-refractivity contribution in [3.05, 3.63) is 81.9 Å². The van der Waals surface area contributed by atoms with Gasteiger partial charge in [-0.25, -0.2) is 4.79 Å². The number of esters is 1. The van der Waals surface area contributed by atoms with E-state index in [-0.39, 0.29) is 5.97 Å². The first-order chi connectivity index (χ1) is 12.4. The summed E-state index contributed by atoms with van der Waals surface area (Å²) >= 11 is 0. The van der Waals surface area contributed by atoms with E-state index in [0.29, 0.717) is 11.5 Å². The summed E-state index contributed by atoms with van der Waals surface area (Å²) in [5.74, 6) is 0.209. The van der Waals surface area contributed by atoms with E-state index >= 15 is 0 Å². The lowest BCUT2D eigenvalue weighted by Crippen LogP contribution is -2.06. The molecular formula is C24H26O2. The molecule has 2 nitrogen and oxygen atoms in total. The molecule has 1 aromatic carbocycles. The third-order valence-electron chi connectivity index (χ3n) is 5.11. The van der Waals surface area contributed by atoms with Gasteiger partial charge in [-0.2, -0.15) is 0 Å². The molecule has 1 aromatic rings. The predicted molar refractivity (Wildman–Crippen MR) is 107 cm³/mol. The number of ether oxygens (including phenoxy) is 1. The molecular weight excluding hydrogens is 320 g/mol. The van der Waals surface area contributed by atoms with Gasteiger partial charge in [-0.15, -0.1) is 0 Å². The summed E-state index contributed by atoms with van der Waals surface area (Å²) in [6.07, 6.45) is 0.720. The Hall–Kier alpha value is -2.61. The van der Waals surface area contributed by atoms with Gasteiger partial charge < -0.3 is 4.74 Å². The minimum atomic E-state index is -0.280. The molecule has 0 fully saturated rings. The molecule has 0 amide bonds. The molecule has 0 saturated heterocycles. The van der Waals surface area contributed by atoms with Crippen LogP contribution >= 0.6 is 0 Å². The first kappa shape index (κ1) is 18.2. The summed E-state index contributed by atoms with van der Waals surface area (Å²) in [5, 5.41) is 0. The SMILES string of the molecule is COC(=O)c1ccccc1Cc1cc(C)c2cc(C(C)C)ccc(C)c1-2. The molecule has 2 aliphatic rings. The normalized spacial score (nSPS) is 11.2. The molecule has 26 heavy (non-hydrogen) atoms. The Morgan fingerprint density at radius 1 is 0.962 bits per heavy atom. The topological polar surface area (TPSA) is 26.3 Å². The molecule has 0 aliphatic heterocycles. The van der Waals surface area contributed by atoms with Gasteiger partial charge in [0.05, 0.1) is 12.7 Å². The number of carbonyl (C=O) groups is 1. The molecule has 3 rings (SSSR count). The summed E-state index contributed by atoms with van der Waals surface area (Å²) in [5.41, 5.74) is 9.41. The molecule has 0 unspecified atom stereocenters. The summed E-state index contributed by atoms with van der Waals surface area (Å²) in [4.78, 5) is 12.1. The van der Waals surface area contributed by atoms with Gasteiger partial charge in [-0.05, 0) is 71.2 Å². The zero-order valence-corrected chi connectivity index (χ0v) is 16.2. The maximum atomic E-state index is 12.1. The molecule has 0 bridgehead atoms. The highest BCUT2D eigenvalue weighted by atomic mass is 16.5. The Labute approximate surface area is 156 Å². The Bertz CT molecular complexity index is 922. The van der Waals surface area contributed by atoms with Crippen LogP contribution in [-0.2, 0) is 11.2 Å². The third kappa shape index (κ3) is 3.37. The van der Waals surface area contributed by atoms with E-state index in [0.717, 1.165) is 12.0 Å². The second-order valence-electron chi connectivity index (χ2n) is 7.28. The first-order valence-electron chi connectivity index (χ1n) is 9.11. The largest absolute Gasteiger partial charge is 0.465 e. The molecule has 0 radical (unpaired) electrons. The lowest BCUT2D eigenvalue weighted by atomic mass is 9.96. The Morgan fingerprint density at radius 2 is 1.69 bits per heavy atom. The smallest absolute Gasteiger partial charge is 0.338 e. The lowest BCUT2D eigenvalue weighted by Gasteiger charge is -2.09. The van der Waals surface area contributed by atoms with Crippen molar-refractivity contribution in [3.63, 3.8) is 0 Å². The quantitative estimate of drug-likeness (QED) is 0.549. The average molecular weight is 346 g/mol. The van der Waals surface area contributed by atoms with Crippen molar-refractivity contribution in [1.29, 1.82) is 0 Å². The number of hydrogen-bond acceptors (Lipinski definition) is 2. The van der Waals surface area contributed by atoms with Crippen LogP contribution in [0.5, 0.6) is 0 Å². The van der Waals surface area contributed by atoms with Gasteiger partial charge in [0.25, 0.3) is 0 Å². The van der Waals surface area contributed by atoms with E-state index in [1.807, 2.05) is 24.3 Å². The van der Waals surface area contributed by atoms with Crippen LogP contribution in [0.2, 0.25) is 0 Å². The fraction of sp³-hybridized carbons (Fsp3) is 0.292. The molecule has 0 atom stereocenters. The van der Waals surface area contributed by atoms with Crippen LogP contribution in [0.1, 0.15) is 57.9 Å². The fourth-order valence-corrected chi connectivity index (χ4v) is 3.64. The molecule has 0 N–H and O–H groups in total. The first-order valence-corrected chi connectivity index (χ1v) is 9.11. The van der Waals surface area contributed by atoms with E-state index in [9.17, 15) is 4.79 Å². The van der Waals surface area contributed by atoms with Crippen LogP contribution in [0.25, 0.3) is 11.1 Å². The van der Waals surface area contributed by atoms with Crippen LogP contribution in [0, 0.1) is 13.8 Å². The molecule has 2 heteroatoms. The van der Waals surface area contributed by atoms with Crippen molar-refractivity contribution in [2.45, 2.75) is 40.0 Å². The number of aryl methyl sites for hydroxylation is 2. The summed E-state index contributed by atoms with van der Waals surface area (Å²) in [7, 11) is 1.43. The van der Waals surface area contributed by atoms with E-state index in [2.05, 4.69) is 52.0 Å². The lowest BCUT2D eigenvalue weighted by molar-refractivity contribution is 0.0599. The Balaban J connectivity index is 2.11. The molecule has 0 heterocycles. The second kappa shape index (κ2) is 7.33. The van der Waals surface area contributed by atoms with Gasteiger partial charge in [0.2, 0.25) is 0 Å². The zero-order chi connectivity index (χ0) is 18.8. The van der Waals surface area contributed by atoms with Gasteiger partial charge in [-0.3, -0.25) is 0 Å². The van der Waals surface area contributed by atoms with Crippen molar-refractivity contribution in [2.24, 2.45) is 0 Å². The van der Waals surface area contributed by atoms with Crippen LogP contribution < -0.4 is 0 Å². The maximum Gasteiger partial charge on any atom is 0.338 e.